The maximum Gasteiger partial charge on any atom is 0.0813 e. The predicted molar refractivity (Wildman–Crippen MR) is 78.0 cm³/mol. The van der Waals surface area contributed by atoms with Crippen LogP contribution in [0, 0.1) is 12.3 Å². The van der Waals surface area contributed by atoms with Gasteiger partial charge in [-0.1, -0.05) is 13.8 Å². The van der Waals surface area contributed by atoms with Crippen LogP contribution < -0.4 is 5.01 Å². The molecule has 3 rings (SSSR count). The molecule has 19 heavy (non-hydrogen) atoms. The van der Waals surface area contributed by atoms with Gasteiger partial charge in [0, 0.05) is 30.0 Å². The normalized spacial score (nSPS) is 26.3. The van der Waals surface area contributed by atoms with Gasteiger partial charge < -0.3 is 10.1 Å². The first kappa shape index (κ1) is 13.0. The number of aliphatic hydroxyl groups is 1. The zero-order valence-corrected chi connectivity index (χ0v) is 12.4. The molecule has 1 aliphatic carbocycles. The summed E-state index contributed by atoms with van der Waals surface area (Å²) in [5.41, 5.74) is 4.00. The number of piperidine rings is 1. The highest BCUT2D eigenvalue weighted by atomic mass is 16.3. The van der Waals surface area contributed by atoms with E-state index in [1.54, 1.807) is 0 Å². The molecule has 1 saturated heterocycles. The smallest absolute Gasteiger partial charge is 0.0813 e. The molecule has 0 bridgehead atoms. The Bertz CT molecular complexity index is 469. The van der Waals surface area contributed by atoms with Gasteiger partial charge in [-0.2, -0.15) is 0 Å². The summed E-state index contributed by atoms with van der Waals surface area (Å²) >= 11 is 0. The van der Waals surface area contributed by atoms with E-state index in [1.807, 2.05) is 0 Å². The van der Waals surface area contributed by atoms with Crippen LogP contribution in [-0.2, 0) is 6.42 Å². The lowest BCUT2D eigenvalue weighted by Crippen LogP contribution is -2.42. The highest BCUT2D eigenvalue weighted by Gasteiger charge is 2.35. The van der Waals surface area contributed by atoms with Gasteiger partial charge in [0.2, 0.25) is 0 Å². The van der Waals surface area contributed by atoms with Gasteiger partial charge in [-0.05, 0) is 50.5 Å². The molecule has 1 aromatic rings. The molecular weight excluding hydrogens is 236 g/mol. The molecule has 1 atom stereocenters. The molecule has 0 radical (unpaired) electrons. The van der Waals surface area contributed by atoms with Gasteiger partial charge in [0.15, 0.2) is 0 Å². The minimum Gasteiger partial charge on any atom is -0.388 e. The van der Waals surface area contributed by atoms with Gasteiger partial charge in [0.05, 0.1) is 6.10 Å². The van der Waals surface area contributed by atoms with Crippen molar-refractivity contribution in [3.63, 3.8) is 0 Å². The largest absolute Gasteiger partial charge is 0.388 e. The first-order valence-corrected chi connectivity index (χ1v) is 7.62. The average molecular weight is 262 g/mol. The molecule has 1 aromatic heterocycles. The number of hydrogen-bond acceptors (Lipinski definition) is 2. The Morgan fingerprint density at radius 1 is 1.21 bits per heavy atom. The second-order valence-electron chi connectivity index (χ2n) is 7.07. The summed E-state index contributed by atoms with van der Waals surface area (Å²) < 4.78 is 2.40. The van der Waals surface area contributed by atoms with E-state index in [0.29, 0.717) is 0 Å². The van der Waals surface area contributed by atoms with Crippen LogP contribution in [0.1, 0.15) is 62.6 Å². The van der Waals surface area contributed by atoms with Crippen molar-refractivity contribution < 1.29 is 5.11 Å². The first-order chi connectivity index (χ1) is 8.98. The van der Waals surface area contributed by atoms with Crippen molar-refractivity contribution in [1.29, 1.82) is 0 Å². The van der Waals surface area contributed by atoms with Crippen LogP contribution in [0.2, 0.25) is 0 Å². The molecule has 3 heteroatoms. The fraction of sp³-hybridized carbons (Fsp3) is 0.750. The predicted octanol–water partition coefficient (Wildman–Crippen LogP) is 2.92. The number of fused-ring (bicyclic) bond motifs is 1. The van der Waals surface area contributed by atoms with Gasteiger partial charge in [-0.3, -0.25) is 4.68 Å². The van der Waals surface area contributed by atoms with Gasteiger partial charge in [-0.25, -0.2) is 0 Å². The molecule has 1 aliphatic heterocycles. The maximum atomic E-state index is 10.4. The molecule has 0 saturated carbocycles. The van der Waals surface area contributed by atoms with Crippen LogP contribution in [0.3, 0.4) is 0 Å². The van der Waals surface area contributed by atoms with E-state index in [9.17, 15) is 5.11 Å². The van der Waals surface area contributed by atoms with Crippen molar-refractivity contribution in [2.24, 2.45) is 5.41 Å². The molecule has 1 N–H and O–H groups in total. The van der Waals surface area contributed by atoms with Crippen molar-refractivity contribution in [1.82, 2.24) is 4.68 Å². The van der Waals surface area contributed by atoms with E-state index in [2.05, 4.69) is 36.5 Å². The molecule has 106 valence electrons. The molecule has 2 heterocycles. The highest BCUT2D eigenvalue weighted by Crippen LogP contribution is 2.42. The van der Waals surface area contributed by atoms with Crippen molar-refractivity contribution >= 4 is 0 Å². The molecule has 0 amide bonds. The van der Waals surface area contributed by atoms with E-state index in [1.165, 1.54) is 36.2 Å². The van der Waals surface area contributed by atoms with E-state index in [4.69, 9.17) is 0 Å². The Kier molecular flexibility index (Phi) is 3.12. The molecular formula is C16H26N2O. The standard InChI is InChI=1S/C16H26N2O/c1-12-9-13-14(10-16(2,3)11-15(13)19)18(12)17-7-5-4-6-8-17/h9,15,19H,4-8,10-11H2,1-3H3. The van der Waals surface area contributed by atoms with Crippen LogP contribution in [0.5, 0.6) is 0 Å². The lowest BCUT2D eigenvalue weighted by atomic mass is 9.75. The number of aliphatic hydroxyl groups excluding tert-OH is 1. The quantitative estimate of drug-likeness (QED) is 0.843. The van der Waals surface area contributed by atoms with Crippen molar-refractivity contribution in [3.8, 4) is 0 Å². The van der Waals surface area contributed by atoms with Crippen molar-refractivity contribution in [3.05, 3.63) is 23.0 Å². The highest BCUT2D eigenvalue weighted by molar-refractivity contribution is 5.34. The summed E-state index contributed by atoms with van der Waals surface area (Å²) in [6, 6.07) is 2.20. The fourth-order valence-corrected chi connectivity index (χ4v) is 3.80. The number of hydrogen-bond donors (Lipinski definition) is 1. The molecule has 1 fully saturated rings. The molecule has 1 unspecified atom stereocenters. The Balaban J connectivity index is 2.01. The molecule has 0 aromatic carbocycles. The van der Waals surface area contributed by atoms with Crippen molar-refractivity contribution in [2.75, 3.05) is 18.1 Å². The molecule has 2 aliphatic rings. The van der Waals surface area contributed by atoms with Gasteiger partial charge in [0.25, 0.3) is 0 Å². The Hall–Kier alpha value is -0.960. The molecule has 3 nitrogen and oxygen atoms in total. The van der Waals surface area contributed by atoms with Gasteiger partial charge in [-0.15, -0.1) is 0 Å². The van der Waals surface area contributed by atoms with Crippen LogP contribution in [0.25, 0.3) is 0 Å². The third kappa shape index (κ3) is 2.29. The minimum absolute atomic E-state index is 0.199. The lowest BCUT2D eigenvalue weighted by molar-refractivity contribution is 0.0977. The molecule has 0 spiro atoms. The lowest BCUT2D eigenvalue weighted by Gasteiger charge is -2.38. The maximum absolute atomic E-state index is 10.4. The third-order valence-corrected chi connectivity index (χ3v) is 4.65. The first-order valence-electron chi connectivity index (χ1n) is 7.62. The van der Waals surface area contributed by atoms with E-state index >= 15 is 0 Å². The zero-order valence-electron chi connectivity index (χ0n) is 12.4. The Morgan fingerprint density at radius 3 is 2.58 bits per heavy atom. The topological polar surface area (TPSA) is 28.4 Å². The van der Waals surface area contributed by atoms with Crippen LogP contribution in [0.15, 0.2) is 6.07 Å². The van der Waals surface area contributed by atoms with E-state index < -0.39 is 0 Å². The van der Waals surface area contributed by atoms with E-state index in [-0.39, 0.29) is 11.5 Å². The monoisotopic (exact) mass is 262 g/mol. The zero-order chi connectivity index (χ0) is 13.6. The summed E-state index contributed by atoms with van der Waals surface area (Å²) in [5, 5.41) is 12.9. The summed E-state index contributed by atoms with van der Waals surface area (Å²) in [4.78, 5) is 0. The Labute approximate surface area is 116 Å². The summed E-state index contributed by atoms with van der Waals surface area (Å²) in [7, 11) is 0. The summed E-state index contributed by atoms with van der Waals surface area (Å²) in [6.07, 6.45) is 5.60. The number of nitrogens with zero attached hydrogens (tertiary/aromatic N) is 2. The van der Waals surface area contributed by atoms with Crippen molar-refractivity contribution in [2.45, 2.75) is 59.0 Å². The second-order valence-corrected chi connectivity index (χ2v) is 7.07. The average Bonchev–Trinajstić information content (AvgIpc) is 2.65. The third-order valence-electron chi connectivity index (χ3n) is 4.65. The van der Waals surface area contributed by atoms with Gasteiger partial charge >= 0.3 is 0 Å². The second kappa shape index (κ2) is 4.55. The van der Waals surface area contributed by atoms with Crippen LogP contribution >= 0.6 is 0 Å². The van der Waals surface area contributed by atoms with Crippen LogP contribution in [0.4, 0.5) is 0 Å². The SMILES string of the molecule is Cc1cc2c(n1N1CCCCC1)CC(C)(C)CC2O. The minimum atomic E-state index is -0.288. The summed E-state index contributed by atoms with van der Waals surface area (Å²) in [6.45, 7) is 9.01. The van der Waals surface area contributed by atoms with E-state index in [0.717, 1.165) is 25.9 Å². The van der Waals surface area contributed by atoms with Gasteiger partial charge in [0.1, 0.15) is 0 Å². The fourth-order valence-electron chi connectivity index (χ4n) is 3.80. The number of rotatable bonds is 1. The Morgan fingerprint density at radius 2 is 1.89 bits per heavy atom. The summed E-state index contributed by atoms with van der Waals surface area (Å²) in [5.74, 6) is 0. The number of aryl methyl sites for hydroxylation is 1. The van der Waals surface area contributed by atoms with Crippen LogP contribution in [-0.4, -0.2) is 22.9 Å². The number of aromatic nitrogens is 1.